The quantitative estimate of drug-likeness (QED) is 0.773. The highest BCUT2D eigenvalue weighted by Crippen LogP contribution is 2.20. The van der Waals surface area contributed by atoms with Crippen LogP contribution in [-0.4, -0.2) is 17.6 Å². The van der Waals surface area contributed by atoms with Crippen LogP contribution in [0.15, 0.2) is 18.3 Å². The Morgan fingerprint density at radius 1 is 1.21 bits per heavy atom. The van der Waals surface area contributed by atoms with E-state index in [-0.39, 0.29) is 6.04 Å². The van der Waals surface area contributed by atoms with Gasteiger partial charge in [-0.1, -0.05) is 27.2 Å². The summed E-state index contributed by atoms with van der Waals surface area (Å²) in [7, 11) is 0. The van der Waals surface area contributed by atoms with Crippen molar-refractivity contribution in [3.8, 4) is 0 Å². The van der Waals surface area contributed by atoms with Gasteiger partial charge in [0.1, 0.15) is 0 Å². The molecule has 0 bridgehead atoms. The number of nitrogens with two attached hydrogens (primary N) is 1. The van der Waals surface area contributed by atoms with Crippen LogP contribution in [0.1, 0.15) is 65.1 Å². The van der Waals surface area contributed by atoms with Crippen molar-refractivity contribution in [1.82, 2.24) is 4.98 Å². The third-order valence-electron chi connectivity index (χ3n) is 3.80. The Bertz CT molecular complexity index is 348. The largest absolute Gasteiger partial charge is 0.368 e. The predicted octanol–water partition coefficient (Wildman–Crippen LogP) is 3.90. The second-order valence-corrected chi connectivity index (χ2v) is 5.26. The maximum atomic E-state index is 6.01. The monoisotopic (exact) mass is 263 g/mol. The summed E-state index contributed by atoms with van der Waals surface area (Å²) >= 11 is 0. The topological polar surface area (TPSA) is 42.1 Å². The highest BCUT2D eigenvalue weighted by molar-refractivity contribution is 5.45. The van der Waals surface area contributed by atoms with Crippen molar-refractivity contribution in [1.29, 1.82) is 0 Å². The minimum Gasteiger partial charge on any atom is -0.368 e. The minimum absolute atomic E-state index is 0.0572. The summed E-state index contributed by atoms with van der Waals surface area (Å²) in [5, 5.41) is 0. The van der Waals surface area contributed by atoms with Crippen LogP contribution < -0.4 is 10.6 Å². The summed E-state index contributed by atoms with van der Waals surface area (Å²) in [5.41, 5.74) is 8.22. The van der Waals surface area contributed by atoms with E-state index in [0.717, 1.165) is 25.1 Å². The molecule has 1 aromatic heterocycles. The number of hydrogen-bond donors (Lipinski definition) is 1. The molecule has 0 aliphatic rings. The van der Waals surface area contributed by atoms with Crippen molar-refractivity contribution in [3.63, 3.8) is 0 Å². The molecule has 108 valence electrons. The number of hydrogen-bond acceptors (Lipinski definition) is 3. The zero-order valence-electron chi connectivity index (χ0n) is 12.9. The number of rotatable bonds is 8. The minimum atomic E-state index is 0.0572. The first-order valence-corrected chi connectivity index (χ1v) is 7.62. The molecule has 2 atom stereocenters. The van der Waals surface area contributed by atoms with Crippen LogP contribution in [0.4, 0.5) is 5.69 Å². The second kappa shape index (κ2) is 8.16. The molecular weight excluding hydrogens is 234 g/mol. The van der Waals surface area contributed by atoms with Gasteiger partial charge in [0.15, 0.2) is 0 Å². The van der Waals surface area contributed by atoms with E-state index in [1.54, 1.807) is 0 Å². The van der Waals surface area contributed by atoms with Gasteiger partial charge >= 0.3 is 0 Å². The van der Waals surface area contributed by atoms with Gasteiger partial charge in [-0.3, -0.25) is 4.98 Å². The molecular formula is C16H29N3. The first-order chi connectivity index (χ1) is 9.13. The Labute approximate surface area is 118 Å². The molecule has 0 aliphatic heterocycles. The van der Waals surface area contributed by atoms with Crippen LogP contribution in [0.2, 0.25) is 0 Å². The van der Waals surface area contributed by atoms with E-state index >= 15 is 0 Å². The number of unbranched alkanes of at least 4 members (excludes halogenated alkanes) is 1. The first kappa shape index (κ1) is 16.0. The lowest BCUT2D eigenvalue weighted by molar-refractivity contribution is 0.594. The molecule has 0 fully saturated rings. The number of aromatic nitrogens is 1. The molecule has 1 heterocycles. The van der Waals surface area contributed by atoms with Crippen LogP contribution in [0.25, 0.3) is 0 Å². The molecule has 0 aromatic carbocycles. The fourth-order valence-electron chi connectivity index (χ4n) is 2.15. The van der Waals surface area contributed by atoms with Gasteiger partial charge in [-0.05, 0) is 38.3 Å². The van der Waals surface area contributed by atoms with Crippen LogP contribution in [0, 0.1) is 0 Å². The Morgan fingerprint density at radius 2 is 1.95 bits per heavy atom. The van der Waals surface area contributed by atoms with Gasteiger partial charge in [-0.15, -0.1) is 0 Å². The van der Waals surface area contributed by atoms with Crippen molar-refractivity contribution in [2.45, 2.75) is 65.5 Å². The smallest absolute Gasteiger partial charge is 0.0572 e. The predicted molar refractivity (Wildman–Crippen MR) is 83.5 cm³/mol. The molecule has 0 saturated carbocycles. The van der Waals surface area contributed by atoms with Crippen LogP contribution in [-0.2, 0) is 0 Å². The zero-order valence-corrected chi connectivity index (χ0v) is 12.9. The van der Waals surface area contributed by atoms with Crippen molar-refractivity contribution in [2.75, 3.05) is 11.4 Å². The van der Waals surface area contributed by atoms with Gasteiger partial charge in [0.25, 0.3) is 0 Å². The van der Waals surface area contributed by atoms with Crippen molar-refractivity contribution in [3.05, 3.63) is 24.0 Å². The molecule has 0 radical (unpaired) electrons. The molecule has 3 heteroatoms. The number of pyridine rings is 1. The third-order valence-corrected chi connectivity index (χ3v) is 3.80. The van der Waals surface area contributed by atoms with E-state index in [0.29, 0.717) is 6.04 Å². The van der Waals surface area contributed by atoms with E-state index in [1.807, 2.05) is 6.20 Å². The lowest BCUT2D eigenvalue weighted by Gasteiger charge is -2.30. The maximum absolute atomic E-state index is 6.01. The lowest BCUT2D eigenvalue weighted by atomic mass is 10.1. The first-order valence-electron chi connectivity index (χ1n) is 7.62. The highest BCUT2D eigenvalue weighted by Gasteiger charge is 2.13. The maximum Gasteiger partial charge on any atom is 0.0572 e. The molecule has 0 amide bonds. The summed E-state index contributed by atoms with van der Waals surface area (Å²) in [5.74, 6) is 0. The van der Waals surface area contributed by atoms with E-state index < -0.39 is 0 Å². The van der Waals surface area contributed by atoms with Crippen molar-refractivity contribution >= 4 is 5.69 Å². The van der Waals surface area contributed by atoms with Gasteiger partial charge in [0, 0.05) is 18.6 Å². The van der Waals surface area contributed by atoms with Gasteiger partial charge in [0.05, 0.1) is 17.6 Å². The second-order valence-electron chi connectivity index (χ2n) is 5.26. The van der Waals surface area contributed by atoms with Crippen LogP contribution >= 0.6 is 0 Å². The Hall–Kier alpha value is -1.09. The average Bonchev–Trinajstić information content (AvgIpc) is 2.47. The fourth-order valence-corrected chi connectivity index (χ4v) is 2.15. The van der Waals surface area contributed by atoms with E-state index in [2.05, 4.69) is 49.7 Å². The van der Waals surface area contributed by atoms with Gasteiger partial charge in [-0.2, -0.15) is 0 Å². The van der Waals surface area contributed by atoms with E-state index in [1.165, 1.54) is 18.5 Å². The Kier molecular flexibility index (Phi) is 6.85. The molecule has 1 rings (SSSR count). The Balaban J connectivity index is 2.84. The summed E-state index contributed by atoms with van der Waals surface area (Å²) in [6.07, 6.45) is 6.50. The molecule has 0 spiro atoms. The third kappa shape index (κ3) is 4.50. The summed E-state index contributed by atoms with van der Waals surface area (Å²) in [6.45, 7) is 9.94. The van der Waals surface area contributed by atoms with Gasteiger partial charge in [0.2, 0.25) is 0 Å². The SMILES string of the molecule is CCCCN(c1ccc(C(N)CC)nc1)C(C)CC. The number of anilines is 1. The van der Waals surface area contributed by atoms with Crippen LogP contribution in [0.3, 0.4) is 0 Å². The molecule has 0 aliphatic carbocycles. The number of nitrogens with zero attached hydrogens (tertiary/aromatic N) is 2. The normalized spacial score (nSPS) is 14.2. The van der Waals surface area contributed by atoms with Gasteiger partial charge < -0.3 is 10.6 Å². The van der Waals surface area contributed by atoms with Gasteiger partial charge in [-0.25, -0.2) is 0 Å². The Morgan fingerprint density at radius 3 is 2.42 bits per heavy atom. The summed E-state index contributed by atoms with van der Waals surface area (Å²) in [4.78, 5) is 6.98. The molecule has 0 saturated heterocycles. The molecule has 2 unspecified atom stereocenters. The van der Waals surface area contributed by atoms with Crippen molar-refractivity contribution in [2.24, 2.45) is 5.73 Å². The summed E-state index contributed by atoms with van der Waals surface area (Å²) < 4.78 is 0. The van der Waals surface area contributed by atoms with Crippen molar-refractivity contribution < 1.29 is 0 Å². The summed E-state index contributed by atoms with van der Waals surface area (Å²) in [6, 6.07) is 4.85. The molecule has 1 aromatic rings. The highest BCUT2D eigenvalue weighted by atomic mass is 15.2. The lowest BCUT2D eigenvalue weighted by Crippen LogP contribution is -2.33. The zero-order chi connectivity index (χ0) is 14.3. The van der Waals surface area contributed by atoms with E-state index in [4.69, 9.17) is 5.73 Å². The fraction of sp³-hybridized carbons (Fsp3) is 0.688. The average molecular weight is 263 g/mol. The standard InChI is InChI=1S/C16H29N3/c1-5-8-11-19(13(4)6-2)14-9-10-16(18-12-14)15(17)7-3/h9-10,12-13,15H,5-8,11,17H2,1-4H3. The molecule has 2 N–H and O–H groups in total. The van der Waals surface area contributed by atoms with Crippen LogP contribution in [0.5, 0.6) is 0 Å². The molecule has 19 heavy (non-hydrogen) atoms. The molecule has 3 nitrogen and oxygen atoms in total. The van der Waals surface area contributed by atoms with E-state index in [9.17, 15) is 0 Å².